The van der Waals surface area contributed by atoms with E-state index in [1.165, 1.54) is 6.07 Å². The Morgan fingerprint density at radius 3 is 2.56 bits per heavy atom. The van der Waals surface area contributed by atoms with E-state index in [0.717, 1.165) is 23.0 Å². The number of imidazole rings is 1. The van der Waals surface area contributed by atoms with Crippen LogP contribution in [0, 0.1) is 18.3 Å². The average Bonchev–Trinajstić information content (AvgIpc) is 3.17. The third kappa shape index (κ3) is 3.65. The molecule has 3 aromatic rings. The van der Waals surface area contributed by atoms with Crippen LogP contribution in [0.2, 0.25) is 0 Å². The van der Waals surface area contributed by atoms with E-state index in [-0.39, 0.29) is 5.56 Å². The van der Waals surface area contributed by atoms with Gasteiger partial charge in [-0.15, -0.1) is 0 Å². The normalized spacial score (nSPS) is 11.3. The van der Waals surface area contributed by atoms with E-state index < -0.39 is 11.7 Å². The summed E-state index contributed by atoms with van der Waals surface area (Å²) in [5, 5.41) is 9.00. The second-order valence-electron chi connectivity index (χ2n) is 6.02. The van der Waals surface area contributed by atoms with Gasteiger partial charge in [-0.1, -0.05) is 6.07 Å². The van der Waals surface area contributed by atoms with Crippen LogP contribution < -0.4 is 4.90 Å². The van der Waals surface area contributed by atoms with Crippen LogP contribution in [0.1, 0.15) is 23.6 Å². The lowest BCUT2D eigenvalue weighted by atomic mass is 10.1. The zero-order valence-corrected chi connectivity index (χ0v) is 14.8. The smallest absolute Gasteiger partial charge is 0.341 e. The lowest BCUT2D eigenvalue weighted by Crippen LogP contribution is -2.19. The fourth-order valence-electron chi connectivity index (χ4n) is 2.99. The molecule has 2 aromatic carbocycles. The first-order valence-electron chi connectivity index (χ1n) is 8.33. The molecule has 27 heavy (non-hydrogen) atoms. The Balaban J connectivity index is 2.11. The maximum absolute atomic E-state index is 13.3. The quantitative estimate of drug-likeness (QED) is 0.632. The highest BCUT2D eigenvalue weighted by molar-refractivity contribution is 5.70. The predicted molar refractivity (Wildman–Crippen MR) is 97.1 cm³/mol. The van der Waals surface area contributed by atoms with Crippen LogP contribution in [0.5, 0.6) is 0 Å². The number of aryl methyl sites for hydroxylation is 1. The van der Waals surface area contributed by atoms with Crippen LogP contribution >= 0.6 is 0 Å². The van der Waals surface area contributed by atoms with E-state index in [1.807, 2.05) is 36.6 Å². The van der Waals surface area contributed by atoms with Crippen molar-refractivity contribution < 1.29 is 13.2 Å². The van der Waals surface area contributed by atoms with E-state index in [9.17, 15) is 13.2 Å². The molecule has 0 atom stereocenters. The van der Waals surface area contributed by atoms with Gasteiger partial charge in [-0.3, -0.25) is 0 Å². The highest BCUT2D eigenvalue weighted by atomic mass is 19.4. The van der Waals surface area contributed by atoms with Gasteiger partial charge in [-0.2, -0.15) is 18.4 Å². The molecular weight excluding hydrogens is 353 g/mol. The monoisotopic (exact) mass is 370 g/mol. The maximum Gasteiger partial charge on any atom is 0.417 e. The second kappa shape index (κ2) is 7.16. The van der Waals surface area contributed by atoms with E-state index >= 15 is 0 Å². The molecule has 0 N–H and O–H groups in total. The van der Waals surface area contributed by atoms with E-state index in [2.05, 4.69) is 4.98 Å². The summed E-state index contributed by atoms with van der Waals surface area (Å²) >= 11 is 0. The molecule has 1 heterocycles. The van der Waals surface area contributed by atoms with Crippen molar-refractivity contribution in [3.05, 3.63) is 71.8 Å². The highest BCUT2D eigenvalue weighted by Gasteiger charge is 2.34. The molecule has 0 spiro atoms. The molecule has 0 saturated carbocycles. The van der Waals surface area contributed by atoms with Crippen LogP contribution in [0.3, 0.4) is 0 Å². The van der Waals surface area contributed by atoms with E-state index in [4.69, 9.17) is 5.26 Å². The molecule has 138 valence electrons. The Morgan fingerprint density at radius 1 is 1.19 bits per heavy atom. The highest BCUT2D eigenvalue weighted by Crippen LogP contribution is 2.37. The van der Waals surface area contributed by atoms with Crippen LogP contribution in [0.15, 0.2) is 55.1 Å². The molecule has 0 aliphatic heterocycles. The molecule has 3 rings (SSSR count). The number of alkyl halides is 3. The van der Waals surface area contributed by atoms with Crippen molar-refractivity contribution in [3.8, 4) is 11.8 Å². The number of aromatic nitrogens is 2. The number of halogens is 3. The molecule has 7 heteroatoms. The topological polar surface area (TPSA) is 44.9 Å². The summed E-state index contributed by atoms with van der Waals surface area (Å²) in [4.78, 5) is 5.82. The summed E-state index contributed by atoms with van der Waals surface area (Å²) in [5.41, 5.74) is 1.65. The Labute approximate surface area is 155 Å². The van der Waals surface area contributed by atoms with E-state index in [0.29, 0.717) is 12.2 Å². The van der Waals surface area contributed by atoms with Crippen LogP contribution in [-0.2, 0) is 6.18 Å². The summed E-state index contributed by atoms with van der Waals surface area (Å²) in [5.74, 6) is 0. The molecular formula is C20H17F3N4. The Morgan fingerprint density at radius 2 is 1.96 bits per heavy atom. The maximum atomic E-state index is 13.3. The molecule has 4 nitrogen and oxygen atoms in total. The number of nitriles is 1. The van der Waals surface area contributed by atoms with Crippen LogP contribution in [-0.4, -0.2) is 16.1 Å². The van der Waals surface area contributed by atoms with Gasteiger partial charge in [0.2, 0.25) is 0 Å². The number of anilines is 2. The summed E-state index contributed by atoms with van der Waals surface area (Å²) in [6.45, 7) is 4.25. The molecule has 1 aromatic heterocycles. The summed E-state index contributed by atoms with van der Waals surface area (Å²) in [7, 11) is 0. The number of hydrogen-bond donors (Lipinski definition) is 0. The van der Waals surface area contributed by atoms with Gasteiger partial charge in [0.1, 0.15) is 0 Å². The van der Waals surface area contributed by atoms with Crippen molar-refractivity contribution >= 4 is 11.4 Å². The molecule has 0 fully saturated rings. The van der Waals surface area contributed by atoms with Crippen molar-refractivity contribution in [1.29, 1.82) is 5.26 Å². The summed E-state index contributed by atoms with van der Waals surface area (Å²) < 4.78 is 41.8. The average molecular weight is 370 g/mol. The number of hydrogen-bond acceptors (Lipinski definition) is 3. The minimum atomic E-state index is -4.59. The van der Waals surface area contributed by atoms with Gasteiger partial charge < -0.3 is 9.47 Å². The lowest BCUT2D eigenvalue weighted by molar-refractivity contribution is -0.137. The summed E-state index contributed by atoms with van der Waals surface area (Å²) in [6.07, 6.45) is 0.532. The van der Waals surface area contributed by atoms with Gasteiger partial charge in [-0.25, -0.2) is 4.98 Å². The van der Waals surface area contributed by atoms with Crippen molar-refractivity contribution in [2.45, 2.75) is 20.0 Å². The largest absolute Gasteiger partial charge is 0.417 e. The molecule has 0 aliphatic carbocycles. The van der Waals surface area contributed by atoms with Gasteiger partial charge >= 0.3 is 6.18 Å². The Hall–Kier alpha value is -3.27. The first kappa shape index (κ1) is 18.5. The molecule has 0 amide bonds. The van der Waals surface area contributed by atoms with Gasteiger partial charge in [0.05, 0.1) is 23.5 Å². The standard InChI is InChI=1S/C20H17F3N4/c1-3-27(17-7-5-15(12-24)18(10-17)20(21,22)23)19-11-16(6-4-14(19)2)26-9-8-25-13-26/h4-11,13H,3H2,1-2H3. The van der Waals surface area contributed by atoms with E-state index in [1.54, 1.807) is 35.8 Å². The lowest BCUT2D eigenvalue weighted by Gasteiger charge is -2.27. The number of rotatable bonds is 4. The number of benzene rings is 2. The van der Waals surface area contributed by atoms with Crippen molar-refractivity contribution in [2.75, 3.05) is 11.4 Å². The fourth-order valence-corrected chi connectivity index (χ4v) is 2.99. The van der Waals surface area contributed by atoms with Crippen LogP contribution in [0.25, 0.3) is 5.69 Å². The zero-order chi connectivity index (χ0) is 19.6. The van der Waals surface area contributed by atoms with Gasteiger partial charge in [0, 0.05) is 36.0 Å². The predicted octanol–water partition coefficient (Wildman–Crippen LogP) is 5.23. The third-order valence-electron chi connectivity index (χ3n) is 4.34. The van der Waals surface area contributed by atoms with Crippen molar-refractivity contribution in [2.24, 2.45) is 0 Å². The summed E-state index contributed by atoms with van der Waals surface area (Å²) in [6, 6.07) is 11.2. The Kier molecular flexibility index (Phi) is 4.91. The first-order chi connectivity index (χ1) is 12.8. The van der Waals surface area contributed by atoms with Gasteiger partial charge in [-0.05, 0) is 49.7 Å². The van der Waals surface area contributed by atoms with Crippen molar-refractivity contribution in [3.63, 3.8) is 0 Å². The molecule has 0 unspecified atom stereocenters. The van der Waals surface area contributed by atoms with Gasteiger partial charge in [0.15, 0.2) is 0 Å². The SMILES string of the molecule is CCN(c1ccc(C#N)c(C(F)(F)F)c1)c1cc(-n2ccnc2)ccc1C. The van der Waals surface area contributed by atoms with Crippen molar-refractivity contribution in [1.82, 2.24) is 9.55 Å². The Bertz CT molecular complexity index is 985. The minimum Gasteiger partial charge on any atom is -0.341 e. The molecule has 0 aliphatic rings. The minimum absolute atomic E-state index is 0.383. The molecule has 0 bridgehead atoms. The third-order valence-corrected chi connectivity index (χ3v) is 4.34. The second-order valence-corrected chi connectivity index (χ2v) is 6.02. The molecule has 0 radical (unpaired) electrons. The van der Waals surface area contributed by atoms with Gasteiger partial charge in [0.25, 0.3) is 0 Å². The molecule has 0 saturated heterocycles. The first-order valence-corrected chi connectivity index (χ1v) is 8.33. The number of nitrogens with zero attached hydrogens (tertiary/aromatic N) is 4. The fraction of sp³-hybridized carbons (Fsp3) is 0.200. The zero-order valence-electron chi connectivity index (χ0n) is 14.8. The van der Waals surface area contributed by atoms with Crippen LogP contribution in [0.4, 0.5) is 24.5 Å².